The molecular weight excluding hydrogens is 320 g/mol. The number of hydrogen-bond donors (Lipinski definition) is 2. The number of aliphatic hydroxyl groups is 1. The van der Waals surface area contributed by atoms with Gasteiger partial charge in [0.25, 0.3) is 0 Å². The molecule has 0 aromatic carbocycles. The second-order valence-electron chi connectivity index (χ2n) is 6.59. The molecule has 2 heterocycles. The Balaban J connectivity index is 1.69. The summed E-state index contributed by atoms with van der Waals surface area (Å²) in [7, 11) is 0. The van der Waals surface area contributed by atoms with Gasteiger partial charge in [0.2, 0.25) is 0 Å². The monoisotopic (exact) mass is 342 g/mol. The summed E-state index contributed by atoms with van der Waals surface area (Å²) in [5.41, 5.74) is 0.680. The maximum atomic E-state index is 12.6. The Hall–Kier alpha value is -0.780. The minimum atomic E-state index is -0.278. The van der Waals surface area contributed by atoms with Gasteiger partial charge in [0.15, 0.2) is 0 Å². The standard InChI is InChI=1S/C16H23ClN2O2S/c1-10-4-5-14(20)11(9-10)13-3-2-7-19(13)16(21)18-12-6-8-22-15(12)17/h6,8,10-11,13-14,20H,2-5,7,9H2,1H3,(H,18,21)/t10-,11+,13-,14+/m1/s1. The van der Waals surface area contributed by atoms with E-state index in [0.717, 1.165) is 38.6 Å². The van der Waals surface area contributed by atoms with Crippen molar-refractivity contribution in [2.45, 2.75) is 51.2 Å². The number of likely N-dealkylation sites (tertiary alicyclic amines) is 1. The molecule has 0 radical (unpaired) electrons. The maximum Gasteiger partial charge on any atom is 0.322 e. The maximum absolute atomic E-state index is 12.6. The van der Waals surface area contributed by atoms with Crippen molar-refractivity contribution in [1.82, 2.24) is 4.90 Å². The first-order chi connectivity index (χ1) is 10.6. The van der Waals surface area contributed by atoms with Crippen LogP contribution in [0.5, 0.6) is 0 Å². The first-order valence-corrected chi connectivity index (χ1v) is 9.30. The zero-order valence-corrected chi connectivity index (χ0v) is 14.4. The first kappa shape index (κ1) is 16.1. The molecule has 2 amide bonds. The molecule has 1 aromatic heterocycles. The van der Waals surface area contributed by atoms with Crippen LogP contribution in [0.4, 0.5) is 10.5 Å². The lowest BCUT2D eigenvalue weighted by molar-refractivity contribution is 0.0165. The highest BCUT2D eigenvalue weighted by molar-refractivity contribution is 7.15. The van der Waals surface area contributed by atoms with Crippen molar-refractivity contribution in [3.05, 3.63) is 15.8 Å². The van der Waals surface area contributed by atoms with Crippen molar-refractivity contribution < 1.29 is 9.90 Å². The lowest BCUT2D eigenvalue weighted by Gasteiger charge is -2.39. The number of carbonyl (C=O) groups is 1. The third-order valence-electron chi connectivity index (χ3n) is 5.04. The third-order valence-corrected chi connectivity index (χ3v) is 6.21. The third kappa shape index (κ3) is 3.26. The molecule has 122 valence electrons. The molecule has 0 spiro atoms. The summed E-state index contributed by atoms with van der Waals surface area (Å²) in [6, 6.07) is 1.89. The Bertz CT molecular complexity index is 536. The van der Waals surface area contributed by atoms with Gasteiger partial charge in [-0.05, 0) is 49.5 Å². The number of carbonyl (C=O) groups excluding carboxylic acids is 1. The van der Waals surface area contributed by atoms with E-state index in [4.69, 9.17) is 11.6 Å². The van der Waals surface area contributed by atoms with Gasteiger partial charge < -0.3 is 15.3 Å². The van der Waals surface area contributed by atoms with E-state index in [1.807, 2.05) is 16.3 Å². The predicted molar refractivity (Wildman–Crippen MR) is 90.6 cm³/mol. The van der Waals surface area contributed by atoms with E-state index in [-0.39, 0.29) is 24.1 Å². The van der Waals surface area contributed by atoms with Crippen molar-refractivity contribution in [3.63, 3.8) is 0 Å². The Morgan fingerprint density at radius 2 is 2.27 bits per heavy atom. The normalized spacial score (nSPS) is 32.2. The van der Waals surface area contributed by atoms with Gasteiger partial charge in [0, 0.05) is 18.5 Å². The smallest absolute Gasteiger partial charge is 0.322 e. The first-order valence-electron chi connectivity index (χ1n) is 8.05. The molecule has 22 heavy (non-hydrogen) atoms. The van der Waals surface area contributed by atoms with E-state index in [9.17, 15) is 9.90 Å². The number of urea groups is 1. The van der Waals surface area contributed by atoms with Gasteiger partial charge in [-0.1, -0.05) is 18.5 Å². The van der Waals surface area contributed by atoms with Crippen LogP contribution < -0.4 is 5.32 Å². The van der Waals surface area contributed by atoms with Crippen LogP contribution in [0.25, 0.3) is 0 Å². The van der Waals surface area contributed by atoms with Crippen molar-refractivity contribution >= 4 is 34.7 Å². The zero-order chi connectivity index (χ0) is 15.7. The topological polar surface area (TPSA) is 52.6 Å². The van der Waals surface area contributed by atoms with Crippen molar-refractivity contribution in [2.75, 3.05) is 11.9 Å². The Labute approximate surface area is 140 Å². The molecule has 2 fully saturated rings. The van der Waals surface area contributed by atoms with Crippen LogP contribution in [0.1, 0.15) is 39.0 Å². The summed E-state index contributed by atoms with van der Waals surface area (Å²) < 4.78 is 0.607. The van der Waals surface area contributed by atoms with E-state index in [0.29, 0.717) is 15.9 Å². The number of anilines is 1. The number of rotatable bonds is 2. The molecule has 3 rings (SSSR count). The summed E-state index contributed by atoms with van der Waals surface area (Å²) in [4.78, 5) is 14.5. The zero-order valence-electron chi connectivity index (χ0n) is 12.8. The van der Waals surface area contributed by atoms with E-state index < -0.39 is 0 Å². The van der Waals surface area contributed by atoms with E-state index in [1.165, 1.54) is 11.3 Å². The molecule has 1 aliphatic carbocycles. The molecule has 1 saturated carbocycles. The summed E-state index contributed by atoms with van der Waals surface area (Å²) in [5, 5.41) is 15.1. The van der Waals surface area contributed by atoms with Crippen LogP contribution in [0.3, 0.4) is 0 Å². The number of nitrogens with one attached hydrogen (secondary N) is 1. The minimum Gasteiger partial charge on any atom is -0.393 e. The van der Waals surface area contributed by atoms with Gasteiger partial charge in [-0.25, -0.2) is 4.79 Å². The minimum absolute atomic E-state index is 0.0896. The molecule has 2 aliphatic rings. The lowest BCUT2D eigenvalue weighted by Crippen LogP contribution is -2.47. The fraction of sp³-hybridized carbons (Fsp3) is 0.688. The molecule has 6 heteroatoms. The Kier molecular flexibility index (Phi) is 4.95. The lowest BCUT2D eigenvalue weighted by atomic mass is 9.76. The molecule has 4 atom stereocenters. The van der Waals surface area contributed by atoms with Crippen molar-refractivity contribution in [2.24, 2.45) is 11.8 Å². The van der Waals surface area contributed by atoms with Crippen LogP contribution in [-0.4, -0.2) is 34.7 Å². The number of hydrogen-bond acceptors (Lipinski definition) is 3. The molecule has 1 saturated heterocycles. The van der Waals surface area contributed by atoms with Gasteiger partial charge >= 0.3 is 6.03 Å². The summed E-state index contributed by atoms with van der Waals surface area (Å²) in [6.45, 7) is 3.00. The number of halogens is 1. The van der Waals surface area contributed by atoms with Gasteiger partial charge in [-0.3, -0.25) is 0 Å². The van der Waals surface area contributed by atoms with Crippen molar-refractivity contribution in [1.29, 1.82) is 0 Å². The van der Waals surface area contributed by atoms with Crippen LogP contribution >= 0.6 is 22.9 Å². The molecule has 2 N–H and O–H groups in total. The second-order valence-corrected chi connectivity index (χ2v) is 8.11. The molecular formula is C16H23ClN2O2S. The van der Waals surface area contributed by atoms with Crippen LogP contribution in [-0.2, 0) is 0 Å². The van der Waals surface area contributed by atoms with Crippen LogP contribution in [0.2, 0.25) is 4.34 Å². The van der Waals surface area contributed by atoms with Crippen LogP contribution in [0, 0.1) is 11.8 Å². The molecule has 4 nitrogen and oxygen atoms in total. The Morgan fingerprint density at radius 1 is 1.45 bits per heavy atom. The highest BCUT2D eigenvalue weighted by atomic mass is 35.5. The van der Waals surface area contributed by atoms with Gasteiger partial charge in [-0.2, -0.15) is 0 Å². The van der Waals surface area contributed by atoms with E-state index in [2.05, 4.69) is 12.2 Å². The largest absolute Gasteiger partial charge is 0.393 e. The van der Waals surface area contributed by atoms with E-state index in [1.54, 1.807) is 0 Å². The predicted octanol–water partition coefficient (Wildman–Crippen LogP) is 4.19. The highest BCUT2D eigenvalue weighted by Gasteiger charge is 2.40. The number of aliphatic hydroxyl groups excluding tert-OH is 1. The average molecular weight is 343 g/mol. The second kappa shape index (κ2) is 6.77. The average Bonchev–Trinajstić information content (AvgIpc) is 3.11. The molecule has 0 bridgehead atoms. The SMILES string of the molecule is C[C@@H]1CC[C@H](O)[C@H]([C@H]2CCCN2C(=O)Nc2ccsc2Cl)C1. The molecule has 0 unspecified atom stereocenters. The number of nitrogens with zero attached hydrogens (tertiary/aromatic N) is 1. The summed E-state index contributed by atoms with van der Waals surface area (Å²) in [6.07, 6.45) is 4.66. The van der Waals surface area contributed by atoms with Crippen LogP contribution in [0.15, 0.2) is 11.4 Å². The molecule has 1 aromatic rings. The summed E-state index contributed by atoms with van der Waals surface area (Å²) >= 11 is 7.47. The fourth-order valence-corrected chi connectivity index (χ4v) is 4.72. The van der Waals surface area contributed by atoms with Gasteiger partial charge in [0.05, 0.1) is 11.8 Å². The number of thiophene rings is 1. The number of amides is 2. The Morgan fingerprint density at radius 3 is 3.00 bits per heavy atom. The molecule has 1 aliphatic heterocycles. The summed E-state index contributed by atoms with van der Waals surface area (Å²) in [5.74, 6) is 0.833. The van der Waals surface area contributed by atoms with E-state index >= 15 is 0 Å². The van der Waals surface area contributed by atoms with Gasteiger partial charge in [-0.15, -0.1) is 11.3 Å². The fourth-order valence-electron chi connectivity index (χ4n) is 3.88. The quantitative estimate of drug-likeness (QED) is 0.846. The highest BCUT2D eigenvalue weighted by Crippen LogP contribution is 2.37. The van der Waals surface area contributed by atoms with Gasteiger partial charge in [0.1, 0.15) is 4.34 Å². The van der Waals surface area contributed by atoms with Crippen molar-refractivity contribution in [3.8, 4) is 0 Å².